The van der Waals surface area contributed by atoms with Gasteiger partial charge in [0.2, 0.25) is 0 Å². The van der Waals surface area contributed by atoms with Crippen molar-refractivity contribution in [3.63, 3.8) is 0 Å². The summed E-state index contributed by atoms with van der Waals surface area (Å²) in [6.45, 7) is 0.967. The summed E-state index contributed by atoms with van der Waals surface area (Å²) in [5.74, 6) is -0.194. The average Bonchev–Trinajstić information content (AvgIpc) is 2.38. The Hall–Kier alpha value is -2.01. The van der Waals surface area contributed by atoms with Crippen molar-refractivity contribution in [1.82, 2.24) is 15.3 Å². The van der Waals surface area contributed by atoms with E-state index in [2.05, 4.69) is 15.3 Å². The molecule has 0 unspecified atom stereocenters. The second-order valence-corrected chi connectivity index (χ2v) is 3.51. The van der Waals surface area contributed by atoms with Crippen molar-refractivity contribution >= 4 is 16.8 Å². The normalized spacial score (nSPS) is 10.4. The highest BCUT2D eigenvalue weighted by Gasteiger charge is 2.06. The zero-order valence-corrected chi connectivity index (χ0v) is 9.51. The third kappa shape index (κ3) is 2.76. The molecule has 1 N–H and O–H groups in total. The maximum atomic E-state index is 11.7. The molecule has 1 amide bonds. The summed E-state index contributed by atoms with van der Waals surface area (Å²) in [7, 11) is 1.59. The molecule has 0 aliphatic carbocycles. The second-order valence-electron chi connectivity index (χ2n) is 3.51. The topological polar surface area (TPSA) is 64.1 Å². The Balaban J connectivity index is 2.15. The molecular weight excluding hydrogens is 218 g/mol. The van der Waals surface area contributed by atoms with Gasteiger partial charge in [-0.15, -0.1) is 0 Å². The SMILES string of the molecule is COCCNC(=O)c1ccc2cnccc2n1. The van der Waals surface area contributed by atoms with E-state index in [1.165, 1.54) is 0 Å². The predicted octanol–water partition coefficient (Wildman–Crippen LogP) is 1.01. The number of ether oxygens (including phenoxy) is 1. The minimum Gasteiger partial charge on any atom is -0.383 e. The molecule has 2 aromatic heterocycles. The van der Waals surface area contributed by atoms with Gasteiger partial charge < -0.3 is 10.1 Å². The Morgan fingerprint density at radius 3 is 3.12 bits per heavy atom. The van der Waals surface area contributed by atoms with Crippen LogP contribution in [0, 0.1) is 0 Å². The number of hydrogen-bond acceptors (Lipinski definition) is 4. The molecule has 2 aromatic rings. The van der Waals surface area contributed by atoms with Crippen LogP contribution >= 0.6 is 0 Å². The van der Waals surface area contributed by atoms with Crippen LogP contribution in [0.25, 0.3) is 10.9 Å². The van der Waals surface area contributed by atoms with Crippen molar-refractivity contribution in [2.75, 3.05) is 20.3 Å². The summed E-state index contributed by atoms with van der Waals surface area (Å²) in [6.07, 6.45) is 3.37. The molecule has 0 aliphatic rings. The van der Waals surface area contributed by atoms with Crippen LogP contribution in [-0.2, 0) is 4.74 Å². The van der Waals surface area contributed by atoms with E-state index in [0.717, 1.165) is 10.9 Å². The van der Waals surface area contributed by atoms with E-state index in [-0.39, 0.29) is 5.91 Å². The van der Waals surface area contributed by atoms with Gasteiger partial charge in [0.15, 0.2) is 0 Å². The highest BCUT2D eigenvalue weighted by Crippen LogP contribution is 2.10. The third-order valence-electron chi connectivity index (χ3n) is 2.31. The zero-order valence-electron chi connectivity index (χ0n) is 9.51. The van der Waals surface area contributed by atoms with Crippen LogP contribution < -0.4 is 5.32 Å². The summed E-state index contributed by atoms with van der Waals surface area (Å²) in [5, 5.41) is 3.64. The van der Waals surface area contributed by atoms with Crippen LogP contribution in [0.5, 0.6) is 0 Å². The zero-order chi connectivity index (χ0) is 12.1. The monoisotopic (exact) mass is 231 g/mol. The maximum absolute atomic E-state index is 11.7. The van der Waals surface area contributed by atoms with Gasteiger partial charge in [-0.2, -0.15) is 0 Å². The Morgan fingerprint density at radius 1 is 1.41 bits per heavy atom. The van der Waals surface area contributed by atoms with Gasteiger partial charge in [-0.3, -0.25) is 9.78 Å². The van der Waals surface area contributed by atoms with Crippen LogP contribution in [0.15, 0.2) is 30.6 Å². The van der Waals surface area contributed by atoms with E-state index in [1.54, 1.807) is 31.6 Å². The Bertz CT molecular complexity index is 528. The van der Waals surface area contributed by atoms with Gasteiger partial charge in [0.1, 0.15) is 5.69 Å². The lowest BCUT2D eigenvalue weighted by Crippen LogP contribution is -2.27. The first-order valence-electron chi connectivity index (χ1n) is 5.29. The van der Waals surface area contributed by atoms with Crippen molar-refractivity contribution in [1.29, 1.82) is 0 Å². The molecule has 0 bridgehead atoms. The largest absolute Gasteiger partial charge is 0.383 e. The first-order valence-corrected chi connectivity index (χ1v) is 5.29. The van der Waals surface area contributed by atoms with Crippen molar-refractivity contribution in [3.05, 3.63) is 36.3 Å². The van der Waals surface area contributed by atoms with E-state index in [4.69, 9.17) is 4.74 Å². The van der Waals surface area contributed by atoms with Crippen molar-refractivity contribution in [3.8, 4) is 0 Å². The Morgan fingerprint density at radius 2 is 2.29 bits per heavy atom. The summed E-state index contributed by atoms with van der Waals surface area (Å²) >= 11 is 0. The Kier molecular flexibility index (Phi) is 3.62. The number of hydrogen-bond donors (Lipinski definition) is 1. The van der Waals surface area contributed by atoms with E-state index in [9.17, 15) is 4.79 Å². The standard InChI is InChI=1S/C12H13N3O2/c1-17-7-6-14-12(16)11-3-2-9-8-13-5-4-10(9)15-11/h2-5,8H,6-7H2,1H3,(H,14,16). The van der Waals surface area contributed by atoms with E-state index >= 15 is 0 Å². The third-order valence-corrected chi connectivity index (χ3v) is 2.31. The molecule has 88 valence electrons. The van der Waals surface area contributed by atoms with Crippen molar-refractivity contribution < 1.29 is 9.53 Å². The molecule has 0 atom stereocenters. The molecule has 0 aliphatic heterocycles. The van der Waals surface area contributed by atoms with Gasteiger partial charge in [0.05, 0.1) is 12.1 Å². The fourth-order valence-corrected chi connectivity index (χ4v) is 1.45. The summed E-state index contributed by atoms with van der Waals surface area (Å²) in [5.41, 5.74) is 1.17. The Labute approximate surface area is 98.8 Å². The lowest BCUT2D eigenvalue weighted by Gasteiger charge is -2.04. The highest BCUT2D eigenvalue weighted by molar-refractivity contribution is 5.94. The fraction of sp³-hybridized carbons (Fsp3) is 0.250. The van der Waals surface area contributed by atoms with Crippen LogP contribution in [-0.4, -0.2) is 36.1 Å². The molecule has 5 nitrogen and oxygen atoms in total. The highest BCUT2D eigenvalue weighted by atomic mass is 16.5. The van der Waals surface area contributed by atoms with Crippen LogP contribution in [0.4, 0.5) is 0 Å². The summed E-state index contributed by atoms with van der Waals surface area (Å²) in [4.78, 5) is 20.0. The summed E-state index contributed by atoms with van der Waals surface area (Å²) in [6, 6.07) is 5.30. The minimum absolute atomic E-state index is 0.194. The van der Waals surface area contributed by atoms with Crippen molar-refractivity contribution in [2.45, 2.75) is 0 Å². The molecule has 0 fully saturated rings. The number of nitrogens with one attached hydrogen (secondary N) is 1. The first kappa shape index (κ1) is 11.5. The second kappa shape index (κ2) is 5.36. The lowest BCUT2D eigenvalue weighted by molar-refractivity contribution is 0.0932. The van der Waals surface area contributed by atoms with Crippen molar-refractivity contribution in [2.24, 2.45) is 0 Å². The van der Waals surface area contributed by atoms with E-state index in [1.807, 2.05) is 6.07 Å². The van der Waals surface area contributed by atoms with Gasteiger partial charge in [-0.1, -0.05) is 0 Å². The number of rotatable bonds is 4. The average molecular weight is 231 g/mol. The first-order chi connectivity index (χ1) is 8.31. The molecule has 0 aromatic carbocycles. The molecule has 0 saturated heterocycles. The molecule has 2 heterocycles. The molecule has 0 saturated carbocycles. The quantitative estimate of drug-likeness (QED) is 0.797. The number of nitrogens with zero attached hydrogens (tertiary/aromatic N) is 2. The number of aromatic nitrogens is 2. The molecule has 17 heavy (non-hydrogen) atoms. The smallest absolute Gasteiger partial charge is 0.269 e. The molecule has 2 rings (SSSR count). The van der Waals surface area contributed by atoms with Gasteiger partial charge in [0.25, 0.3) is 5.91 Å². The number of carbonyl (C=O) groups is 1. The maximum Gasteiger partial charge on any atom is 0.269 e. The number of carbonyl (C=O) groups excluding carboxylic acids is 1. The molecule has 0 spiro atoms. The number of fused-ring (bicyclic) bond motifs is 1. The van der Waals surface area contributed by atoms with Gasteiger partial charge in [-0.25, -0.2) is 4.98 Å². The van der Waals surface area contributed by atoms with Gasteiger partial charge >= 0.3 is 0 Å². The molecule has 0 radical (unpaired) electrons. The van der Waals surface area contributed by atoms with E-state index < -0.39 is 0 Å². The van der Waals surface area contributed by atoms with E-state index in [0.29, 0.717) is 18.8 Å². The predicted molar refractivity (Wildman–Crippen MR) is 63.7 cm³/mol. The van der Waals surface area contributed by atoms with Crippen LogP contribution in [0.1, 0.15) is 10.5 Å². The van der Waals surface area contributed by atoms with Crippen LogP contribution in [0.3, 0.4) is 0 Å². The number of methoxy groups -OCH3 is 1. The molecule has 5 heteroatoms. The van der Waals surface area contributed by atoms with Gasteiger partial charge in [0, 0.05) is 31.4 Å². The van der Waals surface area contributed by atoms with Crippen LogP contribution in [0.2, 0.25) is 0 Å². The number of pyridine rings is 2. The number of amides is 1. The minimum atomic E-state index is -0.194. The van der Waals surface area contributed by atoms with Gasteiger partial charge in [-0.05, 0) is 18.2 Å². The fourth-order valence-electron chi connectivity index (χ4n) is 1.45. The summed E-state index contributed by atoms with van der Waals surface area (Å²) < 4.78 is 4.85. The lowest BCUT2D eigenvalue weighted by atomic mass is 10.2. The molecular formula is C12H13N3O2.